The van der Waals surface area contributed by atoms with Crippen LogP contribution in [-0.4, -0.2) is 44.0 Å². The standard InChI is InChI=1S/C19H23N3O4S/c1-25-12-5-6-16(26-2)14(10-12)15-4-3-8-22(15)11-17(23)21-19-13(18(20)24)7-9-27-19/h5-7,9-10,15H,3-4,8,11H2,1-2H3,(H2,20,24)(H,21,23)/t15-/m1/s1. The second-order valence-corrected chi connectivity index (χ2v) is 7.23. The van der Waals surface area contributed by atoms with Gasteiger partial charge < -0.3 is 20.5 Å². The van der Waals surface area contributed by atoms with Crippen LogP contribution in [0.4, 0.5) is 5.00 Å². The Labute approximate surface area is 162 Å². The first kappa shape index (κ1) is 19.2. The van der Waals surface area contributed by atoms with E-state index in [0.29, 0.717) is 10.6 Å². The van der Waals surface area contributed by atoms with Crippen LogP contribution in [0.1, 0.15) is 34.8 Å². The number of nitrogens with two attached hydrogens (primary N) is 1. The maximum Gasteiger partial charge on any atom is 0.251 e. The maximum absolute atomic E-state index is 12.5. The zero-order chi connectivity index (χ0) is 19.4. The van der Waals surface area contributed by atoms with Crippen molar-refractivity contribution in [1.29, 1.82) is 0 Å². The summed E-state index contributed by atoms with van der Waals surface area (Å²) in [6.45, 7) is 1.03. The first-order valence-corrected chi connectivity index (χ1v) is 9.54. The Kier molecular flexibility index (Phi) is 5.98. The molecule has 2 aromatic rings. The Morgan fingerprint density at radius 1 is 1.30 bits per heavy atom. The topological polar surface area (TPSA) is 93.9 Å². The van der Waals surface area contributed by atoms with Crippen molar-refractivity contribution in [2.45, 2.75) is 18.9 Å². The Bertz CT molecular complexity index is 836. The molecule has 3 rings (SSSR count). The molecule has 0 aliphatic carbocycles. The van der Waals surface area contributed by atoms with Gasteiger partial charge in [0.15, 0.2) is 0 Å². The number of likely N-dealkylation sites (tertiary alicyclic amines) is 1. The zero-order valence-corrected chi connectivity index (χ0v) is 16.2. The molecule has 0 spiro atoms. The number of rotatable bonds is 7. The number of carbonyl (C=O) groups is 2. The molecule has 1 aromatic carbocycles. The molecule has 1 saturated heterocycles. The fourth-order valence-corrected chi connectivity index (χ4v) is 4.23. The molecule has 0 saturated carbocycles. The lowest BCUT2D eigenvalue weighted by atomic mass is 10.0. The fraction of sp³-hybridized carbons (Fsp3) is 0.368. The number of amides is 2. The van der Waals surface area contributed by atoms with E-state index >= 15 is 0 Å². The summed E-state index contributed by atoms with van der Waals surface area (Å²) in [5, 5.41) is 5.02. The van der Waals surface area contributed by atoms with Gasteiger partial charge in [-0.15, -0.1) is 11.3 Å². The monoisotopic (exact) mass is 389 g/mol. The molecule has 8 heteroatoms. The van der Waals surface area contributed by atoms with Crippen molar-refractivity contribution in [2.75, 3.05) is 32.6 Å². The van der Waals surface area contributed by atoms with E-state index in [1.807, 2.05) is 18.2 Å². The molecule has 2 heterocycles. The number of hydrogen-bond acceptors (Lipinski definition) is 6. The van der Waals surface area contributed by atoms with E-state index in [1.165, 1.54) is 11.3 Å². The average molecular weight is 389 g/mol. The fourth-order valence-electron chi connectivity index (χ4n) is 3.42. The van der Waals surface area contributed by atoms with Crippen molar-refractivity contribution in [3.05, 3.63) is 40.8 Å². The van der Waals surface area contributed by atoms with Crippen molar-refractivity contribution >= 4 is 28.2 Å². The lowest BCUT2D eigenvalue weighted by Gasteiger charge is -2.26. The quantitative estimate of drug-likeness (QED) is 0.759. The molecule has 1 fully saturated rings. The molecule has 1 aliphatic rings. The van der Waals surface area contributed by atoms with E-state index in [1.54, 1.807) is 25.7 Å². The Morgan fingerprint density at radius 3 is 2.81 bits per heavy atom. The van der Waals surface area contributed by atoms with Gasteiger partial charge in [-0.3, -0.25) is 14.5 Å². The first-order chi connectivity index (χ1) is 13.0. The third-order valence-electron chi connectivity index (χ3n) is 4.69. The van der Waals surface area contributed by atoms with Crippen molar-refractivity contribution in [3.63, 3.8) is 0 Å². The first-order valence-electron chi connectivity index (χ1n) is 8.66. The van der Waals surface area contributed by atoms with Crippen LogP contribution in [-0.2, 0) is 4.79 Å². The van der Waals surface area contributed by atoms with Crippen molar-refractivity contribution in [1.82, 2.24) is 4.90 Å². The molecular formula is C19H23N3O4S. The molecular weight excluding hydrogens is 366 g/mol. The SMILES string of the molecule is COc1ccc(OC)c([C@H]2CCCN2CC(=O)Nc2sccc2C(N)=O)c1. The molecule has 27 heavy (non-hydrogen) atoms. The van der Waals surface area contributed by atoms with Gasteiger partial charge in [-0.05, 0) is 49.0 Å². The minimum Gasteiger partial charge on any atom is -0.497 e. The molecule has 3 N–H and O–H groups in total. The van der Waals surface area contributed by atoms with Gasteiger partial charge in [-0.1, -0.05) is 0 Å². The summed E-state index contributed by atoms with van der Waals surface area (Å²) < 4.78 is 10.8. The average Bonchev–Trinajstić information content (AvgIpc) is 3.30. The van der Waals surface area contributed by atoms with Gasteiger partial charge in [-0.25, -0.2) is 0 Å². The molecule has 7 nitrogen and oxygen atoms in total. The number of ether oxygens (including phenoxy) is 2. The Balaban J connectivity index is 1.74. The molecule has 1 atom stereocenters. The predicted octanol–water partition coefficient (Wildman–Crippen LogP) is 2.64. The molecule has 0 radical (unpaired) electrons. The second kappa shape index (κ2) is 8.41. The summed E-state index contributed by atoms with van der Waals surface area (Å²) in [6, 6.07) is 7.39. The third-order valence-corrected chi connectivity index (χ3v) is 5.52. The van der Waals surface area contributed by atoms with Crippen LogP contribution in [0.25, 0.3) is 0 Å². The van der Waals surface area contributed by atoms with Gasteiger partial charge in [-0.2, -0.15) is 0 Å². The highest BCUT2D eigenvalue weighted by atomic mass is 32.1. The Morgan fingerprint density at radius 2 is 2.11 bits per heavy atom. The van der Waals surface area contributed by atoms with Gasteiger partial charge in [0.05, 0.1) is 26.3 Å². The Hall–Kier alpha value is -2.58. The minimum absolute atomic E-state index is 0.0692. The number of thiophene rings is 1. The molecule has 1 aromatic heterocycles. The van der Waals surface area contributed by atoms with Gasteiger partial charge in [0.2, 0.25) is 5.91 Å². The summed E-state index contributed by atoms with van der Waals surface area (Å²) >= 11 is 1.28. The van der Waals surface area contributed by atoms with E-state index in [9.17, 15) is 9.59 Å². The maximum atomic E-state index is 12.5. The van der Waals surface area contributed by atoms with Crippen LogP contribution in [0.2, 0.25) is 0 Å². The summed E-state index contributed by atoms with van der Waals surface area (Å²) in [5.41, 5.74) is 6.68. The van der Waals surface area contributed by atoms with Crippen LogP contribution in [0.3, 0.4) is 0 Å². The van der Waals surface area contributed by atoms with E-state index in [4.69, 9.17) is 15.2 Å². The lowest BCUT2D eigenvalue weighted by molar-refractivity contribution is -0.117. The number of nitrogens with zero attached hydrogens (tertiary/aromatic N) is 1. The van der Waals surface area contributed by atoms with E-state index in [-0.39, 0.29) is 18.5 Å². The zero-order valence-electron chi connectivity index (χ0n) is 15.4. The number of hydrogen-bond donors (Lipinski definition) is 2. The summed E-state index contributed by atoms with van der Waals surface area (Å²) in [7, 11) is 3.27. The number of carbonyl (C=O) groups excluding carboxylic acids is 2. The molecule has 0 unspecified atom stereocenters. The van der Waals surface area contributed by atoms with Gasteiger partial charge >= 0.3 is 0 Å². The summed E-state index contributed by atoms with van der Waals surface area (Å²) in [4.78, 5) is 26.1. The molecule has 2 amide bonds. The minimum atomic E-state index is -0.549. The lowest BCUT2D eigenvalue weighted by Crippen LogP contribution is -2.33. The third kappa shape index (κ3) is 4.23. The number of anilines is 1. The normalized spacial score (nSPS) is 16.9. The highest BCUT2D eigenvalue weighted by Crippen LogP contribution is 2.38. The van der Waals surface area contributed by atoms with E-state index < -0.39 is 5.91 Å². The molecule has 144 valence electrons. The van der Waals surface area contributed by atoms with Crippen LogP contribution >= 0.6 is 11.3 Å². The number of methoxy groups -OCH3 is 2. The number of benzene rings is 1. The summed E-state index contributed by atoms with van der Waals surface area (Å²) in [6.07, 6.45) is 1.92. The second-order valence-electron chi connectivity index (χ2n) is 6.31. The van der Waals surface area contributed by atoms with E-state index in [0.717, 1.165) is 36.4 Å². The molecule has 0 bridgehead atoms. The van der Waals surface area contributed by atoms with Crippen molar-refractivity contribution in [3.8, 4) is 11.5 Å². The number of primary amides is 1. The van der Waals surface area contributed by atoms with E-state index in [2.05, 4.69) is 10.2 Å². The van der Waals surface area contributed by atoms with Gasteiger partial charge in [0.25, 0.3) is 5.91 Å². The van der Waals surface area contributed by atoms with Crippen LogP contribution in [0, 0.1) is 0 Å². The van der Waals surface area contributed by atoms with Crippen molar-refractivity contribution in [2.24, 2.45) is 5.73 Å². The smallest absolute Gasteiger partial charge is 0.251 e. The van der Waals surface area contributed by atoms with Crippen LogP contribution < -0.4 is 20.5 Å². The molecule has 1 aliphatic heterocycles. The van der Waals surface area contributed by atoms with Gasteiger partial charge in [0, 0.05) is 11.6 Å². The van der Waals surface area contributed by atoms with Crippen LogP contribution in [0.15, 0.2) is 29.6 Å². The highest BCUT2D eigenvalue weighted by Gasteiger charge is 2.30. The predicted molar refractivity (Wildman–Crippen MR) is 105 cm³/mol. The van der Waals surface area contributed by atoms with Crippen molar-refractivity contribution < 1.29 is 19.1 Å². The largest absolute Gasteiger partial charge is 0.497 e. The van der Waals surface area contributed by atoms with Gasteiger partial charge in [0.1, 0.15) is 16.5 Å². The van der Waals surface area contributed by atoms with Crippen LogP contribution in [0.5, 0.6) is 11.5 Å². The summed E-state index contributed by atoms with van der Waals surface area (Å²) in [5.74, 6) is 0.814. The highest BCUT2D eigenvalue weighted by molar-refractivity contribution is 7.14. The number of nitrogens with one attached hydrogen (secondary N) is 1.